The van der Waals surface area contributed by atoms with E-state index in [1.165, 1.54) is 39.1 Å². The first-order chi connectivity index (χ1) is 9.03. The second-order valence-electron chi connectivity index (χ2n) is 6.50. The number of rotatable bonds is 8. The molecule has 4 nitrogen and oxygen atoms in total. The van der Waals surface area contributed by atoms with Crippen molar-refractivity contribution in [3.63, 3.8) is 0 Å². The van der Waals surface area contributed by atoms with E-state index < -0.39 is 0 Å². The van der Waals surface area contributed by atoms with Crippen molar-refractivity contribution >= 4 is 0 Å². The second-order valence-corrected chi connectivity index (χ2v) is 6.50. The molecule has 1 rings (SSSR count). The maximum atomic E-state index is 8.62. The summed E-state index contributed by atoms with van der Waals surface area (Å²) in [7, 11) is 2.20. The maximum absolute atomic E-state index is 8.62. The predicted molar refractivity (Wildman–Crippen MR) is 80.1 cm³/mol. The number of hydrogen-bond acceptors (Lipinski definition) is 4. The van der Waals surface area contributed by atoms with E-state index in [0.29, 0.717) is 6.42 Å². The van der Waals surface area contributed by atoms with E-state index in [-0.39, 0.29) is 5.41 Å². The molecule has 1 fully saturated rings. The van der Waals surface area contributed by atoms with Crippen molar-refractivity contribution in [1.82, 2.24) is 15.1 Å². The quantitative estimate of drug-likeness (QED) is 0.677. The largest absolute Gasteiger partial charge is 0.316 e. The molecule has 0 aromatic heterocycles. The summed E-state index contributed by atoms with van der Waals surface area (Å²) in [4.78, 5) is 4.95. The lowest BCUT2D eigenvalue weighted by Gasteiger charge is -2.32. The van der Waals surface area contributed by atoms with Crippen molar-refractivity contribution in [2.45, 2.75) is 33.1 Å². The number of likely N-dealkylation sites (N-methyl/N-ethyl adjacent to an activating group) is 1. The summed E-state index contributed by atoms with van der Waals surface area (Å²) < 4.78 is 0. The van der Waals surface area contributed by atoms with E-state index in [0.717, 1.165) is 19.5 Å². The zero-order chi connectivity index (χ0) is 14.1. The summed E-state index contributed by atoms with van der Waals surface area (Å²) >= 11 is 0. The molecule has 0 radical (unpaired) electrons. The fourth-order valence-corrected chi connectivity index (χ4v) is 2.41. The molecule has 0 aromatic rings. The molecule has 1 N–H and O–H groups in total. The van der Waals surface area contributed by atoms with Crippen LogP contribution in [-0.2, 0) is 0 Å². The van der Waals surface area contributed by atoms with E-state index >= 15 is 0 Å². The van der Waals surface area contributed by atoms with Crippen LogP contribution in [0.15, 0.2) is 0 Å². The third-order valence-corrected chi connectivity index (χ3v) is 3.94. The molecule has 19 heavy (non-hydrogen) atoms. The Bertz CT molecular complexity index is 274. The van der Waals surface area contributed by atoms with Gasteiger partial charge in [0.1, 0.15) is 0 Å². The minimum absolute atomic E-state index is 0.240. The molecule has 0 amide bonds. The Kier molecular flexibility index (Phi) is 7.37. The Morgan fingerprint density at radius 2 is 1.89 bits per heavy atom. The molecule has 110 valence electrons. The molecule has 1 aliphatic heterocycles. The fraction of sp³-hybridized carbons (Fsp3) is 0.933. The van der Waals surface area contributed by atoms with Gasteiger partial charge in [-0.3, -0.25) is 0 Å². The van der Waals surface area contributed by atoms with Crippen LogP contribution in [-0.4, -0.2) is 62.7 Å². The van der Waals surface area contributed by atoms with Crippen LogP contribution >= 0.6 is 0 Å². The van der Waals surface area contributed by atoms with Crippen LogP contribution in [0.25, 0.3) is 0 Å². The fourth-order valence-electron chi connectivity index (χ4n) is 2.41. The summed E-state index contributed by atoms with van der Waals surface area (Å²) in [6, 6.07) is 2.23. The second kappa shape index (κ2) is 8.52. The van der Waals surface area contributed by atoms with Gasteiger partial charge in [0.2, 0.25) is 0 Å². The Labute approximate surface area is 118 Å². The Morgan fingerprint density at radius 1 is 1.21 bits per heavy atom. The van der Waals surface area contributed by atoms with Crippen LogP contribution in [0, 0.1) is 16.7 Å². The molecule has 0 unspecified atom stereocenters. The van der Waals surface area contributed by atoms with Crippen LogP contribution in [0.4, 0.5) is 0 Å². The first-order valence-corrected chi connectivity index (χ1v) is 7.52. The van der Waals surface area contributed by atoms with Crippen LogP contribution in [0.3, 0.4) is 0 Å². The van der Waals surface area contributed by atoms with Gasteiger partial charge in [-0.05, 0) is 38.4 Å². The molecule has 1 saturated heterocycles. The number of nitrogens with zero attached hydrogens (tertiary/aromatic N) is 3. The zero-order valence-corrected chi connectivity index (χ0v) is 12.9. The summed E-state index contributed by atoms with van der Waals surface area (Å²) in [6.07, 6.45) is 2.86. The highest BCUT2D eigenvalue weighted by Gasteiger charge is 2.17. The van der Waals surface area contributed by atoms with Crippen molar-refractivity contribution in [3.05, 3.63) is 0 Å². The molecule has 0 spiro atoms. The first-order valence-electron chi connectivity index (χ1n) is 7.52. The highest BCUT2D eigenvalue weighted by Crippen LogP contribution is 2.20. The summed E-state index contributed by atoms with van der Waals surface area (Å²) in [6.45, 7) is 12.6. The Balaban J connectivity index is 2.00. The topological polar surface area (TPSA) is 42.3 Å². The molecule has 4 heteroatoms. The van der Waals surface area contributed by atoms with Gasteiger partial charge >= 0.3 is 0 Å². The standard InChI is InChI=1S/C15H30N4/c1-15(2,6-4-7-16)14-17-8-5-9-19-12-10-18(3)11-13-19/h17H,4-6,8-14H2,1-3H3. The van der Waals surface area contributed by atoms with Crippen molar-refractivity contribution in [2.75, 3.05) is 52.9 Å². The summed E-state index contributed by atoms with van der Waals surface area (Å²) in [5, 5.41) is 12.2. The zero-order valence-electron chi connectivity index (χ0n) is 12.9. The van der Waals surface area contributed by atoms with Gasteiger partial charge in [-0.2, -0.15) is 5.26 Å². The number of piperazine rings is 1. The summed E-state index contributed by atoms with van der Waals surface area (Å²) in [5.74, 6) is 0. The van der Waals surface area contributed by atoms with Crippen LogP contribution in [0.2, 0.25) is 0 Å². The molecule has 1 aliphatic rings. The lowest BCUT2D eigenvalue weighted by atomic mass is 9.88. The number of nitrogens with one attached hydrogen (secondary N) is 1. The summed E-state index contributed by atoms with van der Waals surface area (Å²) in [5.41, 5.74) is 0.240. The molecule has 0 bridgehead atoms. The Hall–Kier alpha value is -0.630. The SMILES string of the molecule is CN1CCN(CCCNCC(C)(C)CCC#N)CC1. The highest BCUT2D eigenvalue weighted by molar-refractivity contribution is 4.79. The maximum Gasteiger partial charge on any atom is 0.0621 e. The Morgan fingerprint density at radius 3 is 2.53 bits per heavy atom. The predicted octanol–water partition coefficient (Wildman–Crippen LogP) is 1.54. The van der Waals surface area contributed by atoms with Gasteiger partial charge in [0.25, 0.3) is 0 Å². The number of nitriles is 1. The van der Waals surface area contributed by atoms with E-state index in [1.807, 2.05) is 0 Å². The van der Waals surface area contributed by atoms with Gasteiger partial charge < -0.3 is 15.1 Å². The number of hydrogen-bond donors (Lipinski definition) is 1. The van der Waals surface area contributed by atoms with Crippen LogP contribution in [0.5, 0.6) is 0 Å². The van der Waals surface area contributed by atoms with Crippen LogP contribution < -0.4 is 5.32 Å². The molecule has 0 atom stereocenters. The van der Waals surface area contributed by atoms with Crippen LogP contribution in [0.1, 0.15) is 33.1 Å². The van der Waals surface area contributed by atoms with E-state index in [1.54, 1.807) is 0 Å². The first kappa shape index (κ1) is 16.4. The van der Waals surface area contributed by atoms with Crippen molar-refractivity contribution in [3.8, 4) is 6.07 Å². The monoisotopic (exact) mass is 266 g/mol. The lowest BCUT2D eigenvalue weighted by Crippen LogP contribution is -2.45. The van der Waals surface area contributed by atoms with Gasteiger partial charge in [-0.15, -0.1) is 0 Å². The molecule has 0 aliphatic carbocycles. The van der Waals surface area contributed by atoms with Gasteiger partial charge in [0, 0.05) is 39.1 Å². The lowest BCUT2D eigenvalue weighted by molar-refractivity contribution is 0.152. The smallest absolute Gasteiger partial charge is 0.0621 e. The normalized spacial score (nSPS) is 18.4. The minimum atomic E-state index is 0.240. The van der Waals surface area contributed by atoms with Crippen molar-refractivity contribution in [2.24, 2.45) is 5.41 Å². The third kappa shape index (κ3) is 7.51. The van der Waals surface area contributed by atoms with Gasteiger partial charge in [-0.25, -0.2) is 0 Å². The average Bonchev–Trinajstić information content (AvgIpc) is 2.38. The minimum Gasteiger partial charge on any atom is -0.316 e. The van der Waals surface area contributed by atoms with Crippen molar-refractivity contribution < 1.29 is 0 Å². The molecule has 0 aromatic carbocycles. The molecule has 0 saturated carbocycles. The molecular weight excluding hydrogens is 236 g/mol. The van der Waals surface area contributed by atoms with Gasteiger partial charge in [-0.1, -0.05) is 13.8 Å². The van der Waals surface area contributed by atoms with Gasteiger partial charge in [0.05, 0.1) is 6.07 Å². The van der Waals surface area contributed by atoms with E-state index in [9.17, 15) is 0 Å². The molecule has 1 heterocycles. The third-order valence-electron chi connectivity index (χ3n) is 3.94. The van der Waals surface area contributed by atoms with Crippen molar-refractivity contribution in [1.29, 1.82) is 5.26 Å². The van der Waals surface area contributed by atoms with E-state index in [4.69, 9.17) is 5.26 Å². The average molecular weight is 266 g/mol. The molecular formula is C15H30N4. The van der Waals surface area contributed by atoms with E-state index in [2.05, 4.69) is 42.1 Å². The highest BCUT2D eigenvalue weighted by atomic mass is 15.2. The van der Waals surface area contributed by atoms with Gasteiger partial charge in [0.15, 0.2) is 0 Å².